The Morgan fingerprint density at radius 1 is 1.15 bits per heavy atom. The molecule has 0 radical (unpaired) electrons. The number of thiophene rings is 1. The van der Waals surface area contributed by atoms with Gasteiger partial charge in [-0.3, -0.25) is 24.8 Å². The Balaban J connectivity index is 1.20. The molecular weight excluding hydrogens is 436 g/mol. The Morgan fingerprint density at radius 2 is 1.94 bits per heavy atom. The van der Waals surface area contributed by atoms with Crippen molar-refractivity contribution in [3.63, 3.8) is 0 Å². The number of hydrogen-bond donors (Lipinski definition) is 1. The van der Waals surface area contributed by atoms with Gasteiger partial charge in [0, 0.05) is 51.3 Å². The highest BCUT2D eigenvalue weighted by molar-refractivity contribution is 7.12. The molecule has 1 unspecified atom stereocenters. The van der Waals surface area contributed by atoms with Crippen LogP contribution in [0.4, 0.5) is 11.4 Å². The van der Waals surface area contributed by atoms with Crippen LogP contribution >= 0.6 is 11.3 Å². The van der Waals surface area contributed by atoms with Crippen molar-refractivity contribution in [2.75, 3.05) is 42.5 Å². The fraction of sp³-hybridized carbons (Fsp3) is 0.458. The van der Waals surface area contributed by atoms with E-state index in [1.54, 1.807) is 4.90 Å². The smallest absolute Gasteiger partial charge is 0.269 e. The van der Waals surface area contributed by atoms with Crippen LogP contribution in [0.1, 0.15) is 40.6 Å². The number of rotatable bonds is 5. The number of aryl methyl sites for hydroxylation is 2. The fourth-order valence-corrected chi connectivity index (χ4v) is 5.72. The molecule has 33 heavy (non-hydrogen) atoms. The fourth-order valence-electron chi connectivity index (χ4n) is 4.89. The first-order chi connectivity index (χ1) is 16.0. The summed E-state index contributed by atoms with van der Waals surface area (Å²) in [4.78, 5) is 34.7. The molecule has 0 bridgehead atoms. The van der Waals surface area contributed by atoms with Crippen molar-refractivity contribution in [3.8, 4) is 0 Å². The van der Waals surface area contributed by atoms with E-state index in [-0.39, 0.29) is 18.1 Å². The number of benzene rings is 1. The normalized spacial score (nSPS) is 19.9. The summed E-state index contributed by atoms with van der Waals surface area (Å²) in [6.07, 6.45) is 0.642. The molecule has 3 aliphatic heterocycles. The van der Waals surface area contributed by atoms with Crippen molar-refractivity contribution >= 4 is 40.4 Å². The van der Waals surface area contributed by atoms with Gasteiger partial charge < -0.3 is 9.80 Å². The SMILES string of the molecule is CCN1C(=O)c2sccc2N2C(CCC(=O)N3CCN(c4cc(C)ccc4C)CC3)=NNC12. The summed E-state index contributed by atoms with van der Waals surface area (Å²) in [5, 5.41) is 6.44. The van der Waals surface area contributed by atoms with Gasteiger partial charge in [-0.15, -0.1) is 11.3 Å². The second kappa shape index (κ2) is 8.70. The summed E-state index contributed by atoms with van der Waals surface area (Å²) in [6.45, 7) is 9.98. The number of nitrogens with one attached hydrogen (secondary N) is 1. The van der Waals surface area contributed by atoms with Gasteiger partial charge >= 0.3 is 0 Å². The van der Waals surface area contributed by atoms with Crippen LogP contribution in [0.5, 0.6) is 0 Å². The first-order valence-electron chi connectivity index (χ1n) is 11.6. The van der Waals surface area contributed by atoms with Gasteiger partial charge in [0.25, 0.3) is 5.91 Å². The molecule has 4 heterocycles. The lowest BCUT2D eigenvalue weighted by Crippen LogP contribution is -2.58. The molecule has 8 nitrogen and oxygen atoms in total. The number of hydrazone groups is 1. The van der Waals surface area contributed by atoms with E-state index in [0.29, 0.717) is 19.4 Å². The minimum absolute atomic E-state index is 0.0329. The van der Waals surface area contributed by atoms with Crippen LogP contribution in [0.2, 0.25) is 0 Å². The van der Waals surface area contributed by atoms with E-state index < -0.39 is 0 Å². The van der Waals surface area contributed by atoms with Gasteiger partial charge in [0.2, 0.25) is 12.2 Å². The zero-order valence-electron chi connectivity index (χ0n) is 19.4. The predicted octanol–water partition coefficient (Wildman–Crippen LogP) is 2.98. The van der Waals surface area contributed by atoms with Crippen LogP contribution in [0.25, 0.3) is 0 Å². The lowest BCUT2D eigenvalue weighted by molar-refractivity contribution is -0.131. The summed E-state index contributed by atoms with van der Waals surface area (Å²) < 4.78 is 0. The maximum absolute atomic E-state index is 13.0. The Bertz CT molecular complexity index is 1100. The molecule has 1 atom stereocenters. The van der Waals surface area contributed by atoms with Gasteiger partial charge in [-0.05, 0) is 49.4 Å². The maximum atomic E-state index is 13.0. The monoisotopic (exact) mass is 466 g/mol. The summed E-state index contributed by atoms with van der Waals surface area (Å²) in [6, 6.07) is 8.50. The van der Waals surface area contributed by atoms with Crippen molar-refractivity contribution < 1.29 is 9.59 Å². The zero-order chi connectivity index (χ0) is 23.1. The second-order valence-corrected chi connectivity index (χ2v) is 9.70. The highest BCUT2D eigenvalue weighted by atomic mass is 32.1. The molecule has 0 saturated carbocycles. The Labute approximate surface area is 198 Å². The number of amidine groups is 1. The lowest BCUT2D eigenvalue weighted by atomic mass is 10.1. The van der Waals surface area contributed by atoms with Crippen LogP contribution in [-0.2, 0) is 4.79 Å². The van der Waals surface area contributed by atoms with E-state index in [2.05, 4.69) is 52.4 Å². The molecule has 9 heteroatoms. The van der Waals surface area contributed by atoms with E-state index >= 15 is 0 Å². The van der Waals surface area contributed by atoms with Gasteiger partial charge in [0.15, 0.2) is 0 Å². The third-order valence-corrected chi connectivity index (χ3v) is 7.62. The van der Waals surface area contributed by atoms with Crippen LogP contribution in [0, 0.1) is 13.8 Å². The third kappa shape index (κ3) is 3.84. The minimum atomic E-state index is -0.309. The largest absolute Gasteiger partial charge is 0.368 e. The van der Waals surface area contributed by atoms with Crippen LogP contribution in [0.15, 0.2) is 34.7 Å². The average molecular weight is 467 g/mol. The van der Waals surface area contributed by atoms with E-state index in [0.717, 1.165) is 42.6 Å². The molecule has 2 amide bonds. The van der Waals surface area contributed by atoms with Crippen LogP contribution in [0.3, 0.4) is 0 Å². The number of carbonyl (C=O) groups is 2. The van der Waals surface area contributed by atoms with Gasteiger partial charge in [0.1, 0.15) is 10.7 Å². The summed E-state index contributed by atoms with van der Waals surface area (Å²) in [5.41, 5.74) is 7.79. The van der Waals surface area contributed by atoms with Gasteiger partial charge in [0.05, 0.1) is 5.69 Å². The molecule has 1 fully saturated rings. The number of nitrogens with zero attached hydrogens (tertiary/aromatic N) is 5. The van der Waals surface area contributed by atoms with Crippen molar-refractivity contribution in [2.24, 2.45) is 5.10 Å². The molecule has 1 N–H and O–H groups in total. The second-order valence-electron chi connectivity index (χ2n) is 8.78. The quantitative estimate of drug-likeness (QED) is 0.734. The highest BCUT2D eigenvalue weighted by Gasteiger charge is 2.42. The molecule has 0 spiro atoms. The number of piperazine rings is 1. The average Bonchev–Trinajstić information content (AvgIpc) is 3.47. The molecule has 0 aliphatic carbocycles. The third-order valence-electron chi connectivity index (χ3n) is 6.73. The van der Waals surface area contributed by atoms with Crippen molar-refractivity contribution in [1.82, 2.24) is 15.2 Å². The van der Waals surface area contributed by atoms with Crippen molar-refractivity contribution in [1.29, 1.82) is 0 Å². The van der Waals surface area contributed by atoms with Crippen molar-refractivity contribution in [3.05, 3.63) is 45.6 Å². The van der Waals surface area contributed by atoms with Crippen LogP contribution in [-0.4, -0.2) is 66.5 Å². The topological polar surface area (TPSA) is 71.5 Å². The highest BCUT2D eigenvalue weighted by Crippen LogP contribution is 2.36. The van der Waals surface area contributed by atoms with E-state index in [4.69, 9.17) is 0 Å². The Kier molecular flexibility index (Phi) is 5.74. The van der Waals surface area contributed by atoms with Gasteiger partial charge in [-0.2, -0.15) is 5.10 Å². The molecule has 1 aromatic carbocycles. The minimum Gasteiger partial charge on any atom is -0.368 e. The molecule has 3 aliphatic rings. The number of amides is 2. The molecule has 2 aromatic rings. The summed E-state index contributed by atoms with van der Waals surface area (Å²) >= 11 is 1.46. The summed E-state index contributed by atoms with van der Waals surface area (Å²) in [5.74, 6) is 1.01. The van der Waals surface area contributed by atoms with Gasteiger partial charge in [-0.1, -0.05) is 12.1 Å². The Hall–Kier alpha value is -3.07. The lowest BCUT2D eigenvalue weighted by Gasteiger charge is -2.39. The number of anilines is 2. The van der Waals surface area contributed by atoms with E-state index in [1.807, 2.05) is 23.3 Å². The number of carbonyl (C=O) groups excluding carboxylic acids is 2. The molecule has 1 aromatic heterocycles. The Morgan fingerprint density at radius 3 is 2.70 bits per heavy atom. The van der Waals surface area contributed by atoms with Crippen LogP contribution < -0.4 is 15.2 Å². The number of hydrogen-bond acceptors (Lipinski definition) is 7. The maximum Gasteiger partial charge on any atom is 0.269 e. The first-order valence-corrected chi connectivity index (χ1v) is 12.5. The molecule has 1 saturated heterocycles. The van der Waals surface area contributed by atoms with E-state index in [9.17, 15) is 9.59 Å². The predicted molar refractivity (Wildman–Crippen MR) is 132 cm³/mol. The molecule has 174 valence electrons. The summed E-state index contributed by atoms with van der Waals surface area (Å²) in [7, 11) is 0. The van der Waals surface area contributed by atoms with Crippen molar-refractivity contribution in [2.45, 2.75) is 39.9 Å². The molecular formula is C24H30N6O2S. The molecule has 5 rings (SSSR count). The first kappa shape index (κ1) is 21.8. The standard InChI is InChI=1S/C24H30N6O2S/c1-4-29-23(32)22-18(9-14-33-22)30-20(25-26-24(29)30)7-8-21(31)28-12-10-27(11-13-28)19-15-16(2)5-6-17(19)3/h5-6,9,14-15,24,26H,4,7-8,10-13H2,1-3H3. The number of fused-ring (bicyclic) bond motifs is 3. The zero-order valence-corrected chi connectivity index (χ0v) is 20.2. The van der Waals surface area contributed by atoms with Gasteiger partial charge in [-0.25, -0.2) is 0 Å². The van der Waals surface area contributed by atoms with E-state index in [1.165, 1.54) is 28.2 Å².